The monoisotopic (exact) mass is 261 g/mol. The molecule has 0 aromatic carbocycles. The Kier molecular flexibility index (Phi) is 3.84. The molecule has 0 atom stereocenters. The highest BCUT2D eigenvalue weighted by molar-refractivity contribution is 6.32. The minimum absolute atomic E-state index is 0.144. The lowest BCUT2D eigenvalue weighted by Gasteiger charge is -2.26. The summed E-state index contributed by atoms with van der Waals surface area (Å²) < 4.78 is 0. The van der Waals surface area contributed by atoms with Crippen LogP contribution in [0.15, 0.2) is 6.07 Å². The van der Waals surface area contributed by atoms with Gasteiger partial charge in [-0.2, -0.15) is 0 Å². The molecule has 1 aliphatic rings. The van der Waals surface area contributed by atoms with E-state index in [-0.39, 0.29) is 11.4 Å². The molecule has 1 heterocycles. The van der Waals surface area contributed by atoms with Gasteiger partial charge in [0.25, 0.3) is 0 Å². The summed E-state index contributed by atoms with van der Waals surface area (Å²) in [4.78, 5) is 7.82. The van der Waals surface area contributed by atoms with Crippen molar-refractivity contribution in [1.82, 2.24) is 9.97 Å². The fourth-order valence-electron chi connectivity index (χ4n) is 1.89. The first-order chi connectivity index (χ1) is 7.63. The smallest absolute Gasteiger partial charge is 0.225 e. The van der Waals surface area contributed by atoms with Crippen LogP contribution in [0.1, 0.15) is 25.7 Å². The summed E-state index contributed by atoms with van der Waals surface area (Å²) in [6, 6.07) is 1.98. The van der Waals surface area contributed by atoms with E-state index in [4.69, 9.17) is 23.2 Å². The number of nitrogens with zero attached hydrogens (tertiary/aromatic N) is 2. The molecule has 0 aliphatic heterocycles. The molecule has 6 heteroatoms. The number of aliphatic hydroxyl groups is 1. The first kappa shape index (κ1) is 11.9. The van der Waals surface area contributed by atoms with Crippen molar-refractivity contribution in [2.24, 2.45) is 0 Å². The lowest BCUT2D eigenvalue weighted by Crippen LogP contribution is -2.28. The van der Waals surface area contributed by atoms with Crippen molar-refractivity contribution in [1.29, 1.82) is 0 Å². The number of hydrogen-bond acceptors (Lipinski definition) is 4. The number of aliphatic hydroxyl groups excluding tert-OH is 1. The topological polar surface area (TPSA) is 58.0 Å². The van der Waals surface area contributed by atoms with Gasteiger partial charge in [-0.05, 0) is 37.3 Å². The molecule has 0 amide bonds. The average Bonchev–Trinajstić information content (AvgIpc) is 2.20. The highest BCUT2D eigenvalue weighted by atomic mass is 35.5. The van der Waals surface area contributed by atoms with E-state index < -0.39 is 0 Å². The summed E-state index contributed by atoms with van der Waals surface area (Å²) in [6.07, 6.45) is 3.35. The van der Waals surface area contributed by atoms with Crippen molar-refractivity contribution in [3.63, 3.8) is 0 Å². The van der Waals surface area contributed by atoms with Crippen LogP contribution in [-0.2, 0) is 0 Å². The molecule has 0 saturated heterocycles. The fourth-order valence-corrected chi connectivity index (χ4v) is 2.30. The molecule has 1 aliphatic carbocycles. The molecule has 1 aromatic rings. The van der Waals surface area contributed by atoms with E-state index >= 15 is 0 Å². The minimum atomic E-state index is -0.157. The van der Waals surface area contributed by atoms with E-state index in [1.807, 2.05) is 0 Å². The quantitative estimate of drug-likeness (QED) is 0.635. The maximum Gasteiger partial charge on any atom is 0.225 e. The number of aromatic nitrogens is 2. The van der Waals surface area contributed by atoms with Gasteiger partial charge in [-0.15, -0.1) is 0 Å². The lowest BCUT2D eigenvalue weighted by molar-refractivity contribution is 0.126. The van der Waals surface area contributed by atoms with Crippen LogP contribution in [0, 0.1) is 0 Å². The lowest BCUT2D eigenvalue weighted by atomic mass is 9.93. The standard InChI is InChI=1S/C10H13Cl2N3O/c11-8-5-9(15-10(12)14-8)13-6-1-3-7(16)4-2-6/h5-7,16H,1-4H2,(H,13,14,15). The maximum atomic E-state index is 9.39. The molecule has 16 heavy (non-hydrogen) atoms. The van der Waals surface area contributed by atoms with Gasteiger partial charge in [-0.1, -0.05) is 11.6 Å². The van der Waals surface area contributed by atoms with Crippen LogP contribution in [0.4, 0.5) is 5.82 Å². The van der Waals surface area contributed by atoms with E-state index in [1.54, 1.807) is 6.07 Å². The van der Waals surface area contributed by atoms with Crippen LogP contribution in [0.5, 0.6) is 0 Å². The fraction of sp³-hybridized carbons (Fsp3) is 0.600. The van der Waals surface area contributed by atoms with E-state index in [1.165, 1.54) is 0 Å². The Morgan fingerprint density at radius 3 is 2.50 bits per heavy atom. The van der Waals surface area contributed by atoms with Gasteiger partial charge in [0.1, 0.15) is 11.0 Å². The second kappa shape index (κ2) is 5.17. The second-order valence-corrected chi connectivity index (χ2v) is 4.72. The SMILES string of the molecule is OC1CCC(Nc2cc(Cl)nc(Cl)n2)CC1. The molecule has 1 saturated carbocycles. The van der Waals surface area contributed by atoms with Gasteiger partial charge in [-0.3, -0.25) is 0 Å². The van der Waals surface area contributed by atoms with Crippen molar-refractivity contribution >= 4 is 29.0 Å². The van der Waals surface area contributed by atoms with Gasteiger partial charge in [0.2, 0.25) is 5.28 Å². The molecule has 0 unspecified atom stereocenters. The second-order valence-electron chi connectivity index (χ2n) is 3.99. The molecule has 2 N–H and O–H groups in total. The first-order valence-electron chi connectivity index (χ1n) is 5.28. The summed E-state index contributed by atoms with van der Waals surface area (Å²) in [6.45, 7) is 0. The van der Waals surface area contributed by atoms with Crippen molar-refractivity contribution in [3.8, 4) is 0 Å². The summed E-state index contributed by atoms with van der Waals surface area (Å²) in [5.74, 6) is 0.645. The molecule has 88 valence electrons. The molecule has 0 radical (unpaired) electrons. The zero-order chi connectivity index (χ0) is 11.5. The largest absolute Gasteiger partial charge is 0.393 e. The predicted molar refractivity (Wildman–Crippen MR) is 63.9 cm³/mol. The van der Waals surface area contributed by atoms with Gasteiger partial charge in [-0.25, -0.2) is 9.97 Å². The van der Waals surface area contributed by atoms with Gasteiger partial charge < -0.3 is 10.4 Å². The minimum Gasteiger partial charge on any atom is -0.393 e. The molecule has 0 spiro atoms. The summed E-state index contributed by atoms with van der Waals surface area (Å²) in [7, 11) is 0. The third-order valence-corrected chi connectivity index (χ3v) is 3.08. The van der Waals surface area contributed by atoms with Gasteiger partial charge in [0.15, 0.2) is 0 Å². The first-order valence-corrected chi connectivity index (χ1v) is 6.04. The zero-order valence-corrected chi connectivity index (χ0v) is 10.2. The Morgan fingerprint density at radius 1 is 1.19 bits per heavy atom. The van der Waals surface area contributed by atoms with Crippen molar-refractivity contribution in [2.75, 3.05) is 5.32 Å². The Labute approximate surface area is 104 Å². The molecular weight excluding hydrogens is 249 g/mol. The van der Waals surface area contributed by atoms with Crippen molar-refractivity contribution < 1.29 is 5.11 Å². The molecular formula is C10H13Cl2N3O. The maximum absolute atomic E-state index is 9.39. The summed E-state index contributed by atoms with van der Waals surface area (Å²) in [5, 5.41) is 13.1. The highest BCUT2D eigenvalue weighted by Gasteiger charge is 2.19. The van der Waals surface area contributed by atoms with E-state index in [2.05, 4.69) is 15.3 Å². The van der Waals surface area contributed by atoms with Crippen LogP contribution in [0.2, 0.25) is 10.4 Å². The van der Waals surface area contributed by atoms with E-state index in [0.717, 1.165) is 25.7 Å². The van der Waals surface area contributed by atoms with Crippen molar-refractivity contribution in [3.05, 3.63) is 16.5 Å². The molecule has 2 rings (SSSR count). The van der Waals surface area contributed by atoms with Crippen LogP contribution >= 0.6 is 23.2 Å². The van der Waals surface area contributed by atoms with E-state index in [9.17, 15) is 5.11 Å². The number of rotatable bonds is 2. The molecule has 4 nitrogen and oxygen atoms in total. The average molecular weight is 262 g/mol. The Bertz CT molecular complexity index is 347. The Balaban J connectivity index is 1.98. The van der Waals surface area contributed by atoms with E-state index in [0.29, 0.717) is 17.0 Å². The van der Waals surface area contributed by atoms with Crippen LogP contribution in [-0.4, -0.2) is 27.2 Å². The zero-order valence-electron chi connectivity index (χ0n) is 8.66. The third kappa shape index (κ3) is 3.20. The predicted octanol–water partition coefficient (Wildman–Crippen LogP) is 2.50. The number of halogens is 2. The number of anilines is 1. The Hall–Kier alpha value is -0.580. The normalized spacial score (nSPS) is 25.4. The van der Waals surface area contributed by atoms with Crippen LogP contribution in [0.25, 0.3) is 0 Å². The van der Waals surface area contributed by atoms with Crippen LogP contribution in [0.3, 0.4) is 0 Å². The highest BCUT2D eigenvalue weighted by Crippen LogP contribution is 2.22. The molecule has 1 fully saturated rings. The van der Waals surface area contributed by atoms with Gasteiger partial charge in [0.05, 0.1) is 6.10 Å². The molecule has 1 aromatic heterocycles. The van der Waals surface area contributed by atoms with Gasteiger partial charge in [0, 0.05) is 12.1 Å². The Morgan fingerprint density at radius 2 is 1.88 bits per heavy atom. The van der Waals surface area contributed by atoms with Gasteiger partial charge >= 0.3 is 0 Å². The number of hydrogen-bond donors (Lipinski definition) is 2. The summed E-state index contributed by atoms with van der Waals surface area (Å²) >= 11 is 11.5. The van der Waals surface area contributed by atoms with Crippen LogP contribution < -0.4 is 5.32 Å². The third-order valence-electron chi connectivity index (χ3n) is 2.72. The van der Waals surface area contributed by atoms with Crippen molar-refractivity contribution in [2.45, 2.75) is 37.8 Å². The summed E-state index contributed by atoms with van der Waals surface area (Å²) in [5.41, 5.74) is 0. The molecule has 0 bridgehead atoms. The number of nitrogens with one attached hydrogen (secondary N) is 1.